The topological polar surface area (TPSA) is 86.8 Å². The lowest BCUT2D eigenvalue weighted by Crippen LogP contribution is -2.54. The van der Waals surface area contributed by atoms with Crippen LogP contribution in [0.3, 0.4) is 0 Å². The molecule has 14 heteroatoms. The molecule has 0 bridgehead atoms. The third-order valence-electron chi connectivity index (χ3n) is 7.83. The van der Waals surface area contributed by atoms with E-state index >= 15 is 0 Å². The first kappa shape index (κ1) is 35.9. The van der Waals surface area contributed by atoms with E-state index in [1.807, 2.05) is 0 Å². The molecule has 1 saturated carbocycles. The van der Waals surface area contributed by atoms with Gasteiger partial charge in [-0.05, 0) is 67.3 Å². The Bertz CT molecular complexity index is 1650. The minimum absolute atomic E-state index is 0.0731. The number of anilines is 1. The molecule has 0 heterocycles. The van der Waals surface area contributed by atoms with Gasteiger partial charge < -0.3 is 10.2 Å². The molecular formula is C32H33Cl3F3N3O4S. The van der Waals surface area contributed by atoms with E-state index in [-0.39, 0.29) is 39.0 Å². The van der Waals surface area contributed by atoms with Crippen molar-refractivity contribution in [2.24, 2.45) is 0 Å². The Labute approximate surface area is 281 Å². The van der Waals surface area contributed by atoms with Crippen LogP contribution in [0.25, 0.3) is 0 Å². The van der Waals surface area contributed by atoms with Gasteiger partial charge in [0.05, 0.1) is 31.2 Å². The Morgan fingerprint density at radius 1 is 0.913 bits per heavy atom. The number of nitrogens with one attached hydrogen (secondary N) is 1. The maximum atomic E-state index is 14.3. The Balaban J connectivity index is 1.79. The summed E-state index contributed by atoms with van der Waals surface area (Å²) in [6.07, 6.45) is -0.0951. The van der Waals surface area contributed by atoms with E-state index < -0.39 is 51.9 Å². The van der Waals surface area contributed by atoms with Gasteiger partial charge in [-0.1, -0.05) is 85.3 Å². The number of amides is 2. The molecule has 1 N–H and O–H groups in total. The normalized spacial score (nSPS) is 14.8. The van der Waals surface area contributed by atoms with Crippen LogP contribution in [-0.2, 0) is 32.3 Å². The Kier molecular flexibility index (Phi) is 11.9. The van der Waals surface area contributed by atoms with Crippen molar-refractivity contribution in [2.45, 2.75) is 75.1 Å². The molecular weight excluding hydrogens is 686 g/mol. The fraction of sp³-hybridized carbons (Fsp3) is 0.375. The molecule has 248 valence electrons. The molecule has 2 amide bonds. The lowest BCUT2D eigenvalue weighted by molar-refractivity contribution is -0.140. The molecule has 3 aromatic carbocycles. The second-order valence-corrected chi connectivity index (χ2v) is 14.1. The zero-order chi connectivity index (χ0) is 33.6. The van der Waals surface area contributed by atoms with Crippen molar-refractivity contribution >= 4 is 62.3 Å². The van der Waals surface area contributed by atoms with E-state index in [1.165, 1.54) is 41.3 Å². The van der Waals surface area contributed by atoms with Gasteiger partial charge in [-0.25, -0.2) is 8.42 Å². The maximum Gasteiger partial charge on any atom is 0.416 e. The quantitative estimate of drug-likeness (QED) is 0.217. The maximum absolute atomic E-state index is 14.3. The van der Waals surface area contributed by atoms with E-state index in [9.17, 15) is 31.2 Å². The number of hydrogen-bond donors (Lipinski definition) is 1. The molecule has 0 spiro atoms. The molecule has 1 unspecified atom stereocenters. The predicted molar refractivity (Wildman–Crippen MR) is 174 cm³/mol. The highest BCUT2D eigenvalue weighted by atomic mass is 35.5. The molecule has 0 aromatic heterocycles. The first-order valence-corrected chi connectivity index (χ1v) is 17.3. The third-order valence-corrected chi connectivity index (χ3v) is 10.7. The van der Waals surface area contributed by atoms with Crippen LogP contribution in [-0.4, -0.2) is 43.8 Å². The summed E-state index contributed by atoms with van der Waals surface area (Å²) in [4.78, 5) is 28.9. The first-order chi connectivity index (χ1) is 21.7. The van der Waals surface area contributed by atoms with Gasteiger partial charge in [0.25, 0.3) is 10.0 Å². The van der Waals surface area contributed by atoms with Crippen LogP contribution in [0.15, 0.2) is 71.6 Å². The Hall–Kier alpha value is -2.99. The third kappa shape index (κ3) is 8.67. The van der Waals surface area contributed by atoms with Crippen molar-refractivity contribution in [1.29, 1.82) is 0 Å². The van der Waals surface area contributed by atoms with Crippen molar-refractivity contribution in [3.63, 3.8) is 0 Å². The summed E-state index contributed by atoms with van der Waals surface area (Å²) in [5.41, 5.74) is -1.19. The van der Waals surface area contributed by atoms with Gasteiger partial charge in [0.2, 0.25) is 11.8 Å². The lowest BCUT2D eigenvalue weighted by Gasteiger charge is -2.34. The molecule has 1 aliphatic carbocycles. The van der Waals surface area contributed by atoms with Crippen LogP contribution in [0.5, 0.6) is 0 Å². The van der Waals surface area contributed by atoms with Crippen molar-refractivity contribution in [2.75, 3.05) is 10.8 Å². The molecule has 1 aliphatic rings. The summed E-state index contributed by atoms with van der Waals surface area (Å²) < 4.78 is 69.8. The monoisotopic (exact) mass is 717 g/mol. The number of nitrogens with zero attached hydrogens (tertiary/aromatic N) is 2. The highest BCUT2D eigenvalue weighted by Gasteiger charge is 2.37. The number of carbonyl (C=O) groups excluding carboxylic acids is 2. The molecule has 4 rings (SSSR count). The summed E-state index contributed by atoms with van der Waals surface area (Å²) in [5.74, 6) is -1.26. The van der Waals surface area contributed by atoms with Crippen molar-refractivity contribution in [3.8, 4) is 0 Å². The fourth-order valence-corrected chi connectivity index (χ4v) is 7.45. The number of benzene rings is 3. The van der Waals surface area contributed by atoms with Gasteiger partial charge >= 0.3 is 6.18 Å². The van der Waals surface area contributed by atoms with Crippen LogP contribution >= 0.6 is 34.8 Å². The van der Waals surface area contributed by atoms with Crippen molar-refractivity contribution < 1.29 is 31.2 Å². The van der Waals surface area contributed by atoms with E-state index in [0.29, 0.717) is 15.9 Å². The van der Waals surface area contributed by atoms with Gasteiger partial charge in [0.1, 0.15) is 12.6 Å². The largest absolute Gasteiger partial charge is 0.416 e. The van der Waals surface area contributed by atoms with Crippen LogP contribution < -0.4 is 9.62 Å². The van der Waals surface area contributed by atoms with Crippen LogP contribution in [0.1, 0.15) is 56.6 Å². The predicted octanol–water partition coefficient (Wildman–Crippen LogP) is 8.12. The highest BCUT2D eigenvalue weighted by Crippen LogP contribution is 2.37. The van der Waals surface area contributed by atoms with Gasteiger partial charge in [-0.2, -0.15) is 13.2 Å². The summed E-state index contributed by atoms with van der Waals surface area (Å²) >= 11 is 18.6. The molecule has 1 fully saturated rings. The van der Waals surface area contributed by atoms with Gasteiger partial charge in [0, 0.05) is 12.6 Å². The Morgan fingerprint density at radius 3 is 2.17 bits per heavy atom. The highest BCUT2D eigenvalue weighted by molar-refractivity contribution is 7.92. The molecule has 7 nitrogen and oxygen atoms in total. The lowest BCUT2D eigenvalue weighted by atomic mass is 9.95. The molecule has 0 saturated heterocycles. The minimum Gasteiger partial charge on any atom is -0.352 e. The van der Waals surface area contributed by atoms with E-state index in [4.69, 9.17) is 34.8 Å². The summed E-state index contributed by atoms with van der Waals surface area (Å²) in [6.45, 7) is 0.594. The SMILES string of the molecule is CCC(C(=O)NC1CCCCC1)N(Cc1ccc(Cl)c(Cl)c1)C(=O)CN(c1cc(C(F)(F)F)ccc1Cl)S(=O)(=O)c1ccccc1. The van der Waals surface area contributed by atoms with Crippen LogP contribution in [0.4, 0.5) is 18.9 Å². The first-order valence-electron chi connectivity index (χ1n) is 14.7. The molecule has 1 atom stereocenters. The number of sulfonamides is 1. The summed E-state index contributed by atoms with van der Waals surface area (Å²) in [6, 6.07) is 12.8. The van der Waals surface area contributed by atoms with Crippen LogP contribution in [0, 0.1) is 0 Å². The van der Waals surface area contributed by atoms with Crippen LogP contribution in [0.2, 0.25) is 15.1 Å². The zero-order valence-corrected chi connectivity index (χ0v) is 28.0. The smallest absolute Gasteiger partial charge is 0.352 e. The molecule has 0 radical (unpaired) electrons. The molecule has 0 aliphatic heterocycles. The number of carbonyl (C=O) groups is 2. The van der Waals surface area contributed by atoms with E-state index in [0.717, 1.165) is 44.2 Å². The number of hydrogen-bond acceptors (Lipinski definition) is 4. The zero-order valence-electron chi connectivity index (χ0n) is 24.9. The average Bonchev–Trinajstić information content (AvgIpc) is 3.02. The summed E-state index contributed by atoms with van der Waals surface area (Å²) in [7, 11) is -4.63. The van der Waals surface area contributed by atoms with Gasteiger partial charge in [-0.15, -0.1) is 0 Å². The average molecular weight is 719 g/mol. The van der Waals surface area contributed by atoms with E-state index in [2.05, 4.69) is 5.32 Å². The van der Waals surface area contributed by atoms with Crippen molar-refractivity contribution in [1.82, 2.24) is 10.2 Å². The number of rotatable bonds is 11. The van der Waals surface area contributed by atoms with Gasteiger partial charge in [-0.3, -0.25) is 13.9 Å². The fourth-order valence-electron chi connectivity index (χ4n) is 5.41. The molecule has 46 heavy (non-hydrogen) atoms. The standard InChI is InChI=1S/C32H33Cl3F3N3O4S/c1-2-28(31(43)39-23-9-5-3-6-10-23)40(19-21-13-15-25(33)27(35)17-21)30(42)20-41(46(44,45)24-11-7-4-8-12-24)29-18-22(32(36,37)38)14-16-26(29)34/h4,7-8,11-18,23,28H,2-3,5-6,9-10,19-20H2,1H3,(H,39,43). The minimum atomic E-state index is -4.82. The molecule has 3 aromatic rings. The number of halogens is 6. The number of alkyl halides is 3. The summed E-state index contributed by atoms with van der Waals surface area (Å²) in [5, 5.41) is 3.18. The van der Waals surface area contributed by atoms with Gasteiger partial charge in [0.15, 0.2) is 0 Å². The van der Waals surface area contributed by atoms with Crippen molar-refractivity contribution in [3.05, 3.63) is 92.9 Å². The second kappa shape index (κ2) is 15.3. The second-order valence-electron chi connectivity index (χ2n) is 11.0. The van der Waals surface area contributed by atoms with E-state index in [1.54, 1.807) is 19.1 Å². The Morgan fingerprint density at radius 2 is 1.57 bits per heavy atom.